The van der Waals surface area contributed by atoms with Gasteiger partial charge in [0.25, 0.3) is 5.91 Å². The number of phenols is 1. The van der Waals surface area contributed by atoms with Crippen molar-refractivity contribution in [2.24, 2.45) is 0 Å². The first-order chi connectivity index (χ1) is 15.6. The maximum atomic E-state index is 13.2. The average Bonchev–Trinajstić information content (AvgIpc) is 2.81. The van der Waals surface area contributed by atoms with Crippen LogP contribution in [0.4, 0.5) is 11.4 Å². The predicted octanol–water partition coefficient (Wildman–Crippen LogP) is 5.42. The van der Waals surface area contributed by atoms with Gasteiger partial charge >= 0.3 is 0 Å². The van der Waals surface area contributed by atoms with Crippen LogP contribution in [0.3, 0.4) is 0 Å². The van der Waals surface area contributed by atoms with Crippen molar-refractivity contribution < 1.29 is 14.7 Å². The number of hydrogen-bond acceptors (Lipinski definition) is 3. The van der Waals surface area contributed by atoms with Crippen LogP contribution in [0.5, 0.6) is 5.75 Å². The third-order valence-electron chi connectivity index (χ3n) is 5.05. The number of benzene rings is 4. The molecule has 4 rings (SSSR count). The first-order valence-electron chi connectivity index (χ1n) is 10.2. The Morgan fingerprint density at radius 1 is 0.625 bits per heavy atom. The predicted molar refractivity (Wildman–Crippen MR) is 126 cm³/mol. The largest absolute Gasteiger partial charge is 0.508 e. The van der Waals surface area contributed by atoms with Crippen molar-refractivity contribution >= 4 is 23.2 Å². The van der Waals surface area contributed by atoms with E-state index in [0.717, 1.165) is 11.1 Å². The zero-order valence-corrected chi connectivity index (χ0v) is 17.2. The summed E-state index contributed by atoms with van der Waals surface area (Å²) in [6.45, 7) is 0. The molecule has 0 radical (unpaired) electrons. The number of aromatic hydroxyl groups is 1. The average molecular weight is 422 g/mol. The van der Waals surface area contributed by atoms with Crippen LogP contribution in [0.2, 0.25) is 0 Å². The van der Waals surface area contributed by atoms with Crippen LogP contribution >= 0.6 is 0 Å². The molecule has 5 heteroatoms. The minimum atomic E-state index is -0.453. The summed E-state index contributed by atoms with van der Waals surface area (Å²) in [6.07, 6.45) is 0. The van der Waals surface area contributed by atoms with E-state index in [1.165, 1.54) is 12.1 Å². The van der Waals surface area contributed by atoms with E-state index in [1.54, 1.807) is 36.4 Å². The lowest BCUT2D eigenvalue weighted by Gasteiger charge is -2.18. The second-order valence-electron chi connectivity index (χ2n) is 7.33. The lowest BCUT2D eigenvalue weighted by molar-refractivity contribution is -0.116. The number of carbonyl (C=O) groups excluding carboxylic acids is 2. The maximum absolute atomic E-state index is 13.2. The number of phenolic OH excluding ortho intramolecular Hbond substituents is 1. The van der Waals surface area contributed by atoms with Gasteiger partial charge in [0.2, 0.25) is 5.91 Å². The molecule has 4 aromatic rings. The van der Waals surface area contributed by atoms with E-state index in [4.69, 9.17) is 0 Å². The van der Waals surface area contributed by atoms with Crippen molar-refractivity contribution in [2.75, 3.05) is 10.6 Å². The van der Waals surface area contributed by atoms with Crippen LogP contribution in [-0.2, 0) is 4.79 Å². The Hall–Kier alpha value is -4.38. The van der Waals surface area contributed by atoms with Gasteiger partial charge in [0.05, 0.1) is 5.92 Å². The summed E-state index contributed by atoms with van der Waals surface area (Å²) < 4.78 is 0. The molecule has 0 aromatic heterocycles. The molecule has 0 saturated heterocycles. The highest BCUT2D eigenvalue weighted by molar-refractivity contribution is 6.05. The molecule has 0 spiro atoms. The Morgan fingerprint density at radius 2 is 1.22 bits per heavy atom. The number of hydrogen-bond donors (Lipinski definition) is 3. The van der Waals surface area contributed by atoms with Crippen LogP contribution in [0.1, 0.15) is 27.4 Å². The summed E-state index contributed by atoms with van der Waals surface area (Å²) in [5.41, 5.74) is 3.34. The zero-order valence-electron chi connectivity index (χ0n) is 17.2. The van der Waals surface area contributed by atoms with Crippen molar-refractivity contribution in [3.05, 3.63) is 126 Å². The summed E-state index contributed by atoms with van der Waals surface area (Å²) in [7, 11) is 0. The molecule has 0 atom stereocenters. The molecule has 0 aliphatic rings. The van der Waals surface area contributed by atoms with Crippen molar-refractivity contribution in [1.82, 2.24) is 0 Å². The lowest BCUT2D eigenvalue weighted by Crippen LogP contribution is -2.22. The number of nitrogens with one attached hydrogen (secondary N) is 2. The van der Waals surface area contributed by atoms with E-state index in [0.29, 0.717) is 16.9 Å². The van der Waals surface area contributed by atoms with E-state index in [2.05, 4.69) is 10.6 Å². The summed E-state index contributed by atoms with van der Waals surface area (Å²) >= 11 is 0. The molecule has 0 fully saturated rings. The van der Waals surface area contributed by atoms with Gasteiger partial charge in [0, 0.05) is 23.0 Å². The van der Waals surface area contributed by atoms with Crippen LogP contribution in [-0.4, -0.2) is 16.9 Å². The lowest BCUT2D eigenvalue weighted by atomic mass is 9.90. The van der Waals surface area contributed by atoms with Gasteiger partial charge < -0.3 is 15.7 Å². The molecule has 0 unspecified atom stereocenters. The SMILES string of the molecule is O=C(Nc1cccc(O)c1)c1ccc(NC(=O)C(c2ccccc2)c2ccccc2)cc1. The number of rotatable bonds is 6. The second-order valence-corrected chi connectivity index (χ2v) is 7.33. The standard InChI is InChI=1S/C27H22N2O3/c30-24-13-7-12-23(18-24)29-26(31)21-14-16-22(17-15-21)28-27(32)25(19-8-3-1-4-9-19)20-10-5-2-6-11-20/h1-18,25,30H,(H,28,32)(H,29,31). The van der Waals surface area contributed by atoms with Gasteiger partial charge in [-0.05, 0) is 47.5 Å². The smallest absolute Gasteiger partial charge is 0.255 e. The van der Waals surface area contributed by atoms with Crippen molar-refractivity contribution in [1.29, 1.82) is 0 Å². The minimum absolute atomic E-state index is 0.0762. The van der Waals surface area contributed by atoms with Crippen molar-refractivity contribution in [3.63, 3.8) is 0 Å². The molecule has 0 bridgehead atoms. The Morgan fingerprint density at radius 3 is 1.78 bits per heavy atom. The number of anilines is 2. The van der Waals surface area contributed by atoms with E-state index < -0.39 is 5.92 Å². The highest BCUT2D eigenvalue weighted by Gasteiger charge is 2.22. The van der Waals surface area contributed by atoms with Gasteiger partial charge in [0.15, 0.2) is 0 Å². The van der Waals surface area contributed by atoms with Crippen molar-refractivity contribution in [2.45, 2.75) is 5.92 Å². The molecule has 4 aromatic carbocycles. The Kier molecular flexibility index (Phi) is 6.28. The fourth-order valence-corrected chi connectivity index (χ4v) is 3.49. The van der Waals surface area contributed by atoms with Gasteiger partial charge in [-0.2, -0.15) is 0 Å². The number of carbonyl (C=O) groups is 2. The molecule has 32 heavy (non-hydrogen) atoms. The fourth-order valence-electron chi connectivity index (χ4n) is 3.49. The van der Waals surface area contributed by atoms with Gasteiger partial charge in [0.1, 0.15) is 5.75 Å². The van der Waals surface area contributed by atoms with Gasteiger partial charge in [-0.3, -0.25) is 9.59 Å². The topological polar surface area (TPSA) is 78.4 Å². The molecule has 5 nitrogen and oxygen atoms in total. The molecular weight excluding hydrogens is 400 g/mol. The Labute approximate surface area is 186 Å². The highest BCUT2D eigenvalue weighted by Crippen LogP contribution is 2.26. The van der Waals surface area contributed by atoms with Crippen LogP contribution < -0.4 is 10.6 Å². The third kappa shape index (κ3) is 5.02. The molecule has 158 valence electrons. The van der Waals surface area contributed by atoms with Gasteiger partial charge in [-0.1, -0.05) is 66.7 Å². The molecule has 3 N–H and O–H groups in total. The molecule has 0 aliphatic heterocycles. The Bertz CT molecular complexity index is 1170. The molecule has 0 saturated carbocycles. The van der Waals surface area contributed by atoms with E-state index in [9.17, 15) is 14.7 Å². The summed E-state index contributed by atoms with van der Waals surface area (Å²) in [5.74, 6) is -0.835. The quantitative estimate of drug-likeness (QED) is 0.388. The molecule has 0 aliphatic carbocycles. The third-order valence-corrected chi connectivity index (χ3v) is 5.05. The number of amides is 2. The van der Waals surface area contributed by atoms with E-state index in [1.807, 2.05) is 60.7 Å². The van der Waals surface area contributed by atoms with Crippen LogP contribution in [0.25, 0.3) is 0 Å². The molecule has 2 amide bonds. The molecule has 0 heterocycles. The van der Waals surface area contributed by atoms with Gasteiger partial charge in [-0.25, -0.2) is 0 Å². The monoisotopic (exact) mass is 422 g/mol. The second kappa shape index (κ2) is 9.62. The maximum Gasteiger partial charge on any atom is 0.255 e. The van der Waals surface area contributed by atoms with Crippen molar-refractivity contribution in [3.8, 4) is 5.75 Å². The van der Waals surface area contributed by atoms with Crippen LogP contribution in [0, 0.1) is 0 Å². The minimum Gasteiger partial charge on any atom is -0.508 e. The molecular formula is C27H22N2O3. The summed E-state index contributed by atoms with van der Waals surface area (Å²) in [4.78, 5) is 25.6. The zero-order chi connectivity index (χ0) is 22.3. The fraction of sp³-hybridized carbons (Fsp3) is 0.0370. The first-order valence-corrected chi connectivity index (χ1v) is 10.2. The summed E-state index contributed by atoms with van der Waals surface area (Å²) in [6, 6.07) is 32.3. The first kappa shape index (κ1) is 20.9. The Balaban J connectivity index is 1.49. The van der Waals surface area contributed by atoms with E-state index >= 15 is 0 Å². The van der Waals surface area contributed by atoms with E-state index in [-0.39, 0.29) is 17.6 Å². The highest BCUT2D eigenvalue weighted by atomic mass is 16.3. The van der Waals surface area contributed by atoms with Gasteiger partial charge in [-0.15, -0.1) is 0 Å². The normalized spacial score (nSPS) is 10.5. The van der Waals surface area contributed by atoms with Crippen LogP contribution in [0.15, 0.2) is 109 Å². The summed E-state index contributed by atoms with van der Waals surface area (Å²) in [5, 5.41) is 15.2.